The predicted octanol–water partition coefficient (Wildman–Crippen LogP) is 2.53. The summed E-state index contributed by atoms with van der Waals surface area (Å²) in [6.07, 6.45) is 1.38. The maximum absolute atomic E-state index is 10.9. The van der Waals surface area contributed by atoms with Crippen molar-refractivity contribution in [3.63, 3.8) is 0 Å². The first kappa shape index (κ1) is 14.3. The smallest absolute Gasteiger partial charge is 0.185 e. The van der Waals surface area contributed by atoms with Gasteiger partial charge in [-0.15, -0.1) is 0 Å². The lowest BCUT2D eigenvalue weighted by Crippen LogP contribution is -1.90. The van der Waals surface area contributed by atoms with E-state index >= 15 is 0 Å². The van der Waals surface area contributed by atoms with Gasteiger partial charge >= 0.3 is 0 Å². The maximum Gasteiger partial charge on any atom is 0.185 e. The Hall–Kier alpha value is -1.73. The Kier molecular flexibility index (Phi) is 6.03. The van der Waals surface area contributed by atoms with Crippen LogP contribution in [0, 0.1) is 11.8 Å². The number of aldehydes is 1. The number of benzene rings is 1. The molecule has 0 saturated carbocycles. The molecule has 0 aromatic heterocycles. The summed E-state index contributed by atoms with van der Waals surface area (Å²) >= 11 is 1.25. The number of hydrogen-bond donors (Lipinski definition) is 0. The molecule has 0 aliphatic heterocycles. The van der Waals surface area contributed by atoms with Crippen LogP contribution in [0.1, 0.15) is 29.3 Å². The lowest BCUT2D eigenvalue weighted by atomic mass is 10.1. The van der Waals surface area contributed by atoms with Gasteiger partial charge in [0.05, 0.1) is 7.11 Å². The summed E-state index contributed by atoms with van der Waals surface area (Å²) in [5, 5.41) is 0.0924. The van der Waals surface area contributed by atoms with Crippen molar-refractivity contribution in [2.24, 2.45) is 0 Å². The van der Waals surface area contributed by atoms with Gasteiger partial charge in [0.2, 0.25) is 0 Å². The Morgan fingerprint density at radius 3 is 2.89 bits per heavy atom. The quantitative estimate of drug-likeness (QED) is 0.475. The van der Waals surface area contributed by atoms with E-state index < -0.39 is 0 Å². The molecule has 1 rings (SSSR count). The van der Waals surface area contributed by atoms with Crippen molar-refractivity contribution in [2.75, 3.05) is 12.9 Å². The third kappa shape index (κ3) is 4.64. The molecule has 0 saturated heterocycles. The van der Waals surface area contributed by atoms with E-state index in [1.165, 1.54) is 18.7 Å². The van der Waals surface area contributed by atoms with Crippen molar-refractivity contribution >= 4 is 23.2 Å². The Bertz CT molecular complexity index is 497. The highest BCUT2D eigenvalue weighted by Gasteiger charge is 2.00. The second kappa shape index (κ2) is 7.57. The fourth-order valence-electron chi connectivity index (χ4n) is 1.28. The lowest BCUT2D eigenvalue weighted by molar-refractivity contribution is -0.109. The zero-order valence-corrected chi connectivity index (χ0v) is 11.2. The fraction of sp³-hybridized carbons (Fsp3) is 0.286. The van der Waals surface area contributed by atoms with Crippen molar-refractivity contribution in [1.29, 1.82) is 0 Å². The zero-order valence-electron chi connectivity index (χ0n) is 10.4. The summed E-state index contributed by atoms with van der Waals surface area (Å²) in [4.78, 5) is 21.6. The average Bonchev–Trinajstić information content (AvgIpc) is 2.38. The highest BCUT2D eigenvalue weighted by atomic mass is 32.2. The summed E-state index contributed by atoms with van der Waals surface area (Å²) < 4.78 is 5.03. The molecule has 0 fully saturated rings. The van der Waals surface area contributed by atoms with Crippen molar-refractivity contribution in [3.05, 3.63) is 29.3 Å². The molecule has 0 atom stereocenters. The molecule has 0 radical (unpaired) electrons. The van der Waals surface area contributed by atoms with E-state index in [0.717, 1.165) is 6.29 Å². The first-order valence-electron chi connectivity index (χ1n) is 5.43. The van der Waals surface area contributed by atoms with Gasteiger partial charge < -0.3 is 4.74 Å². The second-order valence-electron chi connectivity index (χ2n) is 3.46. The van der Waals surface area contributed by atoms with Crippen LogP contribution in [0.4, 0.5) is 0 Å². The largest absolute Gasteiger partial charge is 0.497 e. The molecule has 0 spiro atoms. The molecule has 4 heteroatoms. The number of thioether (sulfide) groups is 1. The SMILES string of the molecule is COc1ccc(C#CCCSC(C)=O)c(C=O)c1. The van der Waals surface area contributed by atoms with Gasteiger partial charge in [-0.2, -0.15) is 0 Å². The summed E-state index contributed by atoms with van der Waals surface area (Å²) in [5.74, 6) is 7.18. The van der Waals surface area contributed by atoms with Crippen LogP contribution in [0.15, 0.2) is 18.2 Å². The lowest BCUT2D eigenvalue weighted by Gasteiger charge is -2.01. The third-order valence-corrected chi connectivity index (χ3v) is 2.96. The van der Waals surface area contributed by atoms with Crippen LogP contribution in [0.25, 0.3) is 0 Å². The van der Waals surface area contributed by atoms with Crippen molar-refractivity contribution in [2.45, 2.75) is 13.3 Å². The number of ether oxygens (including phenoxy) is 1. The van der Waals surface area contributed by atoms with Crippen LogP contribution in [0.5, 0.6) is 5.75 Å². The Morgan fingerprint density at radius 1 is 1.50 bits per heavy atom. The van der Waals surface area contributed by atoms with Crippen molar-refractivity contribution in [3.8, 4) is 17.6 Å². The highest BCUT2D eigenvalue weighted by Crippen LogP contribution is 2.15. The molecule has 1 aromatic carbocycles. The van der Waals surface area contributed by atoms with Gasteiger partial charge in [-0.1, -0.05) is 23.6 Å². The molecule has 0 amide bonds. The Labute approximate surface area is 111 Å². The van der Waals surface area contributed by atoms with Gasteiger partial charge in [0.25, 0.3) is 0 Å². The maximum atomic E-state index is 10.9. The van der Waals surface area contributed by atoms with E-state index in [-0.39, 0.29) is 5.12 Å². The standard InChI is InChI=1S/C14H14O3S/c1-11(16)18-8-4-3-5-12-6-7-14(17-2)9-13(12)10-15/h6-7,9-10H,4,8H2,1-2H3. The van der Waals surface area contributed by atoms with E-state index in [9.17, 15) is 9.59 Å². The number of hydrogen-bond acceptors (Lipinski definition) is 4. The van der Waals surface area contributed by atoms with Crippen molar-refractivity contribution < 1.29 is 14.3 Å². The first-order valence-corrected chi connectivity index (χ1v) is 6.41. The van der Waals surface area contributed by atoms with Gasteiger partial charge in [-0.3, -0.25) is 9.59 Å². The van der Waals surface area contributed by atoms with Crippen LogP contribution in [0.3, 0.4) is 0 Å². The molecular weight excluding hydrogens is 248 g/mol. The number of carbonyl (C=O) groups is 2. The summed E-state index contributed by atoms with van der Waals surface area (Å²) in [6, 6.07) is 5.18. The molecule has 3 nitrogen and oxygen atoms in total. The molecule has 0 unspecified atom stereocenters. The van der Waals surface area contributed by atoms with E-state index in [4.69, 9.17) is 4.74 Å². The molecule has 94 valence electrons. The second-order valence-corrected chi connectivity index (χ2v) is 4.73. The van der Waals surface area contributed by atoms with E-state index in [1.807, 2.05) is 0 Å². The number of rotatable bonds is 4. The minimum Gasteiger partial charge on any atom is -0.497 e. The zero-order chi connectivity index (χ0) is 13.4. The summed E-state index contributed by atoms with van der Waals surface area (Å²) in [6.45, 7) is 1.53. The minimum atomic E-state index is 0.0924. The minimum absolute atomic E-state index is 0.0924. The van der Waals surface area contributed by atoms with Crippen LogP contribution >= 0.6 is 11.8 Å². The first-order chi connectivity index (χ1) is 8.67. The monoisotopic (exact) mass is 262 g/mol. The average molecular weight is 262 g/mol. The number of methoxy groups -OCH3 is 1. The molecule has 1 aromatic rings. The number of carbonyl (C=O) groups excluding carboxylic acids is 2. The molecule has 0 N–H and O–H groups in total. The molecule has 0 aliphatic carbocycles. The Morgan fingerprint density at radius 2 is 2.28 bits per heavy atom. The van der Waals surface area contributed by atoms with E-state index in [2.05, 4.69) is 11.8 Å². The van der Waals surface area contributed by atoms with Crippen LogP contribution in [-0.4, -0.2) is 24.3 Å². The Balaban J connectivity index is 2.69. The normalized spacial score (nSPS) is 9.22. The molecule has 0 aliphatic rings. The van der Waals surface area contributed by atoms with Crippen LogP contribution in [-0.2, 0) is 4.79 Å². The molecule has 18 heavy (non-hydrogen) atoms. The third-order valence-electron chi connectivity index (χ3n) is 2.14. The van der Waals surface area contributed by atoms with E-state index in [1.54, 1.807) is 25.3 Å². The molecule has 0 bridgehead atoms. The highest BCUT2D eigenvalue weighted by molar-refractivity contribution is 8.13. The van der Waals surface area contributed by atoms with Gasteiger partial charge in [-0.25, -0.2) is 0 Å². The molecular formula is C14H14O3S. The van der Waals surface area contributed by atoms with Gasteiger partial charge in [0.1, 0.15) is 5.75 Å². The van der Waals surface area contributed by atoms with Crippen LogP contribution in [0.2, 0.25) is 0 Å². The van der Waals surface area contributed by atoms with Crippen LogP contribution < -0.4 is 4.74 Å². The topological polar surface area (TPSA) is 43.4 Å². The summed E-state index contributed by atoms with van der Waals surface area (Å²) in [5.41, 5.74) is 1.19. The van der Waals surface area contributed by atoms with Gasteiger partial charge in [-0.05, 0) is 18.2 Å². The summed E-state index contributed by atoms with van der Waals surface area (Å²) in [7, 11) is 1.55. The molecule has 0 heterocycles. The fourth-order valence-corrected chi connectivity index (χ4v) is 1.77. The van der Waals surface area contributed by atoms with Gasteiger partial charge in [0, 0.05) is 30.2 Å². The predicted molar refractivity (Wildman–Crippen MR) is 73.0 cm³/mol. The van der Waals surface area contributed by atoms with Crippen molar-refractivity contribution in [1.82, 2.24) is 0 Å². The van der Waals surface area contributed by atoms with E-state index in [0.29, 0.717) is 29.1 Å². The van der Waals surface area contributed by atoms with Gasteiger partial charge in [0.15, 0.2) is 11.4 Å².